The highest BCUT2D eigenvalue weighted by atomic mass is 16.6. The fourth-order valence-corrected chi connectivity index (χ4v) is 6.68. The van der Waals surface area contributed by atoms with Crippen LogP contribution in [0.25, 0.3) is 0 Å². The molecule has 266 valence electrons. The minimum absolute atomic E-state index is 0.0245. The maximum absolute atomic E-state index is 14.7. The van der Waals surface area contributed by atoms with Crippen molar-refractivity contribution in [3.05, 3.63) is 96.1 Å². The first-order valence-electron chi connectivity index (χ1n) is 16.1. The van der Waals surface area contributed by atoms with Gasteiger partial charge in [0.1, 0.15) is 17.8 Å². The highest BCUT2D eigenvalue weighted by molar-refractivity contribution is 5.96. The van der Waals surface area contributed by atoms with Gasteiger partial charge in [0.05, 0.1) is 17.0 Å². The van der Waals surface area contributed by atoms with Gasteiger partial charge in [0.25, 0.3) is 0 Å². The third-order valence-corrected chi connectivity index (χ3v) is 9.08. The summed E-state index contributed by atoms with van der Waals surface area (Å²) in [6, 6.07) is 15.3. The van der Waals surface area contributed by atoms with E-state index < -0.39 is 100 Å². The van der Waals surface area contributed by atoms with Gasteiger partial charge in [0.15, 0.2) is 29.4 Å². The highest BCUT2D eigenvalue weighted by Gasteiger charge is 2.70. The maximum Gasteiger partial charge on any atom is 0.338 e. The van der Waals surface area contributed by atoms with Crippen LogP contribution in [0.5, 0.6) is 0 Å². The fourth-order valence-electron chi connectivity index (χ4n) is 6.68. The molecule has 1 fully saturated rings. The standard InChI is InChI=1S/C38H42O12/c1-21-18-19-36(5,6)32(43)28(41)30(49-35(45)26-16-12-9-13-17-26)22(2)29(48-34(44)25-14-10-8-11-15-25)27-33(47-23(3)39)37(7,46)20-38(27,31(21)42)50-24(4)40/h8-19,21,27-30,33,41,46H,2,20H2,1,3-7H3/b19-18+/t21-,27-,28+,29-,30-,33+,37+,38+/m0/s1. The topological polar surface area (TPSA) is 180 Å². The summed E-state index contributed by atoms with van der Waals surface area (Å²) in [5.74, 6) is -8.28. The molecule has 2 aliphatic rings. The van der Waals surface area contributed by atoms with Crippen LogP contribution in [0.3, 0.4) is 0 Å². The predicted octanol–water partition coefficient (Wildman–Crippen LogP) is 3.73. The lowest BCUT2D eigenvalue weighted by atomic mass is 9.72. The van der Waals surface area contributed by atoms with E-state index in [0.717, 1.165) is 13.8 Å². The van der Waals surface area contributed by atoms with Gasteiger partial charge in [-0.3, -0.25) is 19.2 Å². The summed E-state index contributed by atoms with van der Waals surface area (Å²) < 4.78 is 23.3. The smallest absolute Gasteiger partial charge is 0.338 e. The van der Waals surface area contributed by atoms with Crippen LogP contribution in [-0.2, 0) is 38.1 Å². The second kappa shape index (κ2) is 14.5. The molecule has 2 aromatic carbocycles. The average molecular weight is 691 g/mol. The van der Waals surface area contributed by atoms with Gasteiger partial charge in [-0.15, -0.1) is 0 Å². The zero-order valence-electron chi connectivity index (χ0n) is 28.8. The van der Waals surface area contributed by atoms with Crippen molar-refractivity contribution in [1.82, 2.24) is 0 Å². The van der Waals surface area contributed by atoms with Crippen LogP contribution in [0.15, 0.2) is 85.0 Å². The molecule has 12 heteroatoms. The molecule has 0 saturated heterocycles. The van der Waals surface area contributed by atoms with E-state index in [1.54, 1.807) is 36.4 Å². The monoisotopic (exact) mass is 690 g/mol. The SMILES string of the molecule is C=C1[C@H](OC(=O)c2ccccc2)[C@H]2[C@@H](OC(C)=O)[C@](C)(O)C[C@]2(OC(C)=O)C(=O)[C@@H](C)/C=C/C(C)(C)C(=O)[C@H](O)[C@H]1OC(=O)c1ccccc1. The summed E-state index contributed by atoms with van der Waals surface area (Å²) in [4.78, 5) is 81.3. The summed E-state index contributed by atoms with van der Waals surface area (Å²) in [5, 5.41) is 23.6. The van der Waals surface area contributed by atoms with Crippen molar-refractivity contribution in [3.8, 4) is 0 Å². The number of benzene rings is 2. The van der Waals surface area contributed by atoms with Gasteiger partial charge in [0, 0.05) is 37.2 Å². The highest BCUT2D eigenvalue weighted by Crippen LogP contribution is 2.52. The van der Waals surface area contributed by atoms with Crippen molar-refractivity contribution in [1.29, 1.82) is 0 Å². The predicted molar refractivity (Wildman–Crippen MR) is 177 cm³/mol. The molecule has 4 rings (SSSR count). The Morgan fingerprint density at radius 2 is 1.28 bits per heavy atom. The number of ketones is 2. The summed E-state index contributed by atoms with van der Waals surface area (Å²) in [7, 11) is 0. The van der Waals surface area contributed by atoms with Gasteiger partial charge >= 0.3 is 23.9 Å². The molecule has 0 radical (unpaired) electrons. The quantitative estimate of drug-likeness (QED) is 0.255. The molecule has 0 unspecified atom stereocenters. The Hall–Kier alpha value is -4.94. The molecule has 0 aliphatic heterocycles. The number of hydrogen-bond donors (Lipinski definition) is 2. The Labute approximate surface area is 290 Å². The molecule has 0 aromatic heterocycles. The largest absolute Gasteiger partial charge is 0.459 e. The van der Waals surface area contributed by atoms with Gasteiger partial charge in [-0.2, -0.15) is 0 Å². The number of hydrogen-bond acceptors (Lipinski definition) is 12. The van der Waals surface area contributed by atoms with E-state index in [9.17, 15) is 39.0 Å². The van der Waals surface area contributed by atoms with E-state index in [1.807, 2.05) is 0 Å². The number of esters is 4. The number of aliphatic hydroxyl groups excluding tert-OH is 1. The Balaban J connectivity index is 2.06. The molecule has 2 aliphatic carbocycles. The maximum atomic E-state index is 14.7. The number of allylic oxidation sites excluding steroid dienone is 2. The van der Waals surface area contributed by atoms with Crippen LogP contribution in [0.2, 0.25) is 0 Å². The minimum Gasteiger partial charge on any atom is -0.459 e. The van der Waals surface area contributed by atoms with Crippen LogP contribution in [-0.4, -0.2) is 81.3 Å². The average Bonchev–Trinajstić information content (AvgIpc) is 3.28. The van der Waals surface area contributed by atoms with E-state index in [4.69, 9.17) is 18.9 Å². The van der Waals surface area contributed by atoms with Gasteiger partial charge in [-0.1, -0.05) is 62.1 Å². The van der Waals surface area contributed by atoms with Gasteiger partial charge < -0.3 is 29.2 Å². The molecule has 8 atom stereocenters. The lowest BCUT2D eigenvalue weighted by Crippen LogP contribution is -2.58. The molecule has 1 saturated carbocycles. The van der Waals surface area contributed by atoms with E-state index in [-0.39, 0.29) is 11.1 Å². The lowest BCUT2D eigenvalue weighted by molar-refractivity contribution is -0.182. The first kappa shape index (κ1) is 37.9. The van der Waals surface area contributed by atoms with Crippen molar-refractivity contribution < 1.29 is 57.9 Å². The minimum atomic E-state index is -2.35. The zero-order chi connectivity index (χ0) is 37.2. The number of carbonyl (C=O) groups excluding carboxylic acids is 6. The fraction of sp³-hybridized carbons (Fsp3) is 0.421. The van der Waals surface area contributed by atoms with Crippen molar-refractivity contribution >= 4 is 35.4 Å². The molecule has 12 nitrogen and oxygen atoms in total. The normalized spacial score (nSPS) is 31.6. The molecule has 2 N–H and O–H groups in total. The van der Waals surface area contributed by atoms with Crippen molar-refractivity contribution in [2.24, 2.45) is 17.3 Å². The first-order chi connectivity index (χ1) is 23.3. The third-order valence-electron chi connectivity index (χ3n) is 9.08. The number of ether oxygens (including phenoxy) is 4. The number of carbonyl (C=O) groups is 6. The van der Waals surface area contributed by atoms with Crippen molar-refractivity contribution in [2.75, 3.05) is 0 Å². The molecule has 0 spiro atoms. The van der Waals surface area contributed by atoms with Gasteiger partial charge in [0.2, 0.25) is 0 Å². The van der Waals surface area contributed by atoms with Gasteiger partial charge in [-0.25, -0.2) is 9.59 Å². The van der Waals surface area contributed by atoms with E-state index in [2.05, 4.69) is 6.58 Å². The Morgan fingerprint density at radius 3 is 1.76 bits per heavy atom. The molecule has 0 heterocycles. The number of rotatable bonds is 6. The van der Waals surface area contributed by atoms with E-state index in [1.165, 1.54) is 64.1 Å². The molecule has 0 bridgehead atoms. The Morgan fingerprint density at radius 1 is 0.780 bits per heavy atom. The van der Waals surface area contributed by atoms with E-state index in [0.29, 0.717) is 0 Å². The van der Waals surface area contributed by atoms with Crippen LogP contribution >= 0.6 is 0 Å². The molecule has 0 amide bonds. The van der Waals surface area contributed by atoms with Crippen LogP contribution < -0.4 is 0 Å². The van der Waals surface area contributed by atoms with E-state index >= 15 is 0 Å². The first-order valence-corrected chi connectivity index (χ1v) is 16.1. The Kier molecular flexibility index (Phi) is 11.0. The zero-order valence-corrected chi connectivity index (χ0v) is 28.8. The Bertz CT molecular complexity index is 1690. The molecule has 2 aromatic rings. The van der Waals surface area contributed by atoms with Gasteiger partial charge in [-0.05, 0) is 45.0 Å². The second-order valence-corrected chi connectivity index (χ2v) is 13.6. The third kappa shape index (κ3) is 7.61. The molecule has 50 heavy (non-hydrogen) atoms. The van der Waals surface area contributed by atoms with Crippen LogP contribution in [0.4, 0.5) is 0 Å². The number of aliphatic hydroxyl groups is 2. The number of Topliss-reactive ketones (excluding diaryl/α,β-unsaturated/α-hetero) is 2. The molecular formula is C38H42O12. The summed E-state index contributed by atoms with van der Waals surface area (Å²) >= 11 is 0. The van der Waals surface area contributed by atoms with Crippen molar-refractivity contribution in [2.45, 2.75) is 83.6 Å². The lowest BCUT2D eigenvalue weighted by Gasteiger charge is -2.42. The molecular weight excluding hydrogens is 648 g/mol. The summed E-state index contributed by atoms with van der Waals surface area (Å²) in [6.07, 6.45) is -5.51. The van der Waals surface area contributed by atoms with Crippen LogP contribution in [0.1, 0.15) is 68.7 Å². The van der Waals surface area contributed by atoms with Crippen LogP contribution in [0, 0.1) is 17.3 Å². The summed E-state index contributed by atoms with van der Waals surface area (Å²) in [5.41, 5.74) is -6.25. The second-order valence-electron chi connectivity index (χ2n) is 13.6. The summed E-state index contributed by atoms with van der Waals surface area (Å²) in [6.45, 7) is 11.8. The van der Waals surface area contributed by atoms with Crippen molar-refractivity contribution in [3.63, 3.8) is 0 Å². The number of fused-ring (bicyclic) bond motifs is 1.